The predicted molar refractivity (Wildman–Crippen MR) is 83.1 cm³/mol. The van der Waals surface area contributed by atoms with Crippen LogP contribution in [0.2, 0.25) is 0 Å². The largest absolute Gasteiger partial charge is 0.322 e. The van der Waals surface area contributed by atoms with Crippen molar-refractivity contribution in [3.63, 3.8) is 0 Å². The van der Waals surface area contributed by atoms with E-state index < -0.39 is 0 Å². The number of H-pyrrole nitrogens is 1. The molecule has 0 aliphatic rings. The lowest BCUT2D eigenvalue weighted by Gasteiger charge is -2.06. The standard InChI is InChI=1S/C15H12BrN3O/c16-8-10-1-3-11(4-2-10)15(20)18-13-5-6-14-12(7-13)9-17-19-14/h1-7,9H,8H2,(H,17,19)(H,18,20). The number of carbonyl (C=O) groups is 1. The van der Waals surface area contributed by atoms with E-state index in [9.17, 15) is 4.79 Å². The summed E-state index contributed by atoms with van der Waals surface area (Å²) in [7, 11) is 0. The maximum absolute atomic E-state index is 12.1. The van der Waals surface area contributed by atoms with Gasteiger partial charge in [-0.25, -0.2) is 0 Å². The molecular formula is C15H12BrN3O. The molecule has 1 amide bonds. The Morgan fingerprint density at radius 2 is 2.00 bits per heavy atom. The molecule has 0 saturated carbocycles. The van der Waals surface area contributed by atoms with Crippen LogP contribution < -0.4 is 5.32 Å². The second-order valence-electron chi connectivity index (χ2n) is 4.46. The van der Waals surface area contributed by atoms with Gasteiger partial charge in [-0.2, -0.15) is 5.10 Å². The van der Waals surface area contributed by atoms with Gasteiger partial charge in [0.2, 0.25) is 0 Å². The molecule has 0 bridgehead atoms. The van der Waals surface area contributed by atoms with Crippen molar-refractivity contribution < 1.29 is 4.79 Å². The number of nitrogens with one attached hydrogen (secondary N) is 2. The van der Waals surface area contributed by atoms with Crippen LogP contribution in [0.25, 0.3) is 10.9 Å². The van der Waals surface area contributed by atoms with Gasteiger partial charge in [0.05, 0.1) is 11.7 Å². The second-order valence-corrected chi connectivity index (χ2v) is 5.02. The van der Waals surface area contributed by atoms with Crippen molar-refractivity contribution in [2.75, 3.05) is 5.32 Å². The van der Waals surface area contributed by atoms with Gasteiger partial charge in [-0.15, -0.1) is 0 Å². The van der Waals surface area contributed by atoms with Gasteiger partial charge in [0, 0.05) is 22.0 Å². The molecule has 4 nitrogen and oxygen atoms in total. The maximum atomic E-state index is 12.1. The molecular weight excluding hydrogens is 318 g/mol. The molecule has 0 saturated heterocycles. The Morgan fingerprint density at radius 3 is 2.75 bits per heavy atom. The molecule has 20 heavy (non-hydrogen) atoms. The molecule has 3 aromatic rings. The Labute approximate surface area is 124 Å². The Kier molecular flexibility index (Phi) is 3.52. The number of hydrogen-bond donors (Lipinski definition) is 2. The van der Waals surface area contributed by atoms with Gasteiger partial charge in [0.15, 0.2) is 0 Å². The highest BCUT2D eigenvalue weighted by Gasteiger charge is 2.06. The number of alkyl halides is 1. The zero-order chi connectivity index (χ0) is 13.9. The summed E-state index contributed by atoms with van der Waals surface area (Å²) in [6.07, 6.45) is 1.73. The molecule has 0 spiro atoms. The number of anilines is 1. The molecule has 2 N–H and O–H groups in total. The van der Waals surface area contributed by atoms with Gasteiger partial charge >= 0.3 is 0 Å². The highest BCUT2D eigenvalue weighted by atomic mass is 79.9. The van der Waals surface area contributed by atoms with Crippen molar-refractivity contribution >= 4 is 38.4 Å². The van der Waals surface area contributed by atoms with Crippen molar-refractivity contribution in [1.82, 2.24) is 10.2 Å². The number of halogens is 1. The topological polar surface area (TPSA) is 57.8 Å². The fourth-order valence-corrected chi connectivity index (χ4v) is 2.34. The summed E-state index contributed by atoms with van der Waals surface area (Å²) in [5.41, 5.74) is 3.49. The van der Waals surface area contributed by atoms with Crippen LogP contribution in [0, 0.1) is 0 Å². The smallest absolute Gasteiger partial charge is 0.255 e. The zero-order valence-electron chi connectivity index (χ0n) is 10.6. The Hall–Kier alpha value is -2.14. The molecule has 0 aliphatic carbocycles. The van der Waals surface area contributed by atoms with E-state index in [1.165, 1.54) is 0 Å². The molecule has 5 heteroatoms. The first kappa shape index (κ1) is 12.9. The van der Waals surface area contributed by atoms with E-state index in [2.05, 4.69) is 31.4 Å². The van der Waals surface area contributed by atoms with Crippen LogP contribution in [0.3, 0.4) is 0 Å². The van der Waals surface area contributed by atoms with Crippen molar-refractivity contribution in [1.29, 1.82) is 0 Å². The quantitative estimate of drug-likeness (QED) is 0.719. The first-order chi connectivity index (χ1) is 9.76. The first-order valence-electron chi connectivity index (χ1n) is 6.15. The summed E-state index contributed by atoms with van der Waals surface area (Å²) in [6.45, 7) is 0. The second kappa shape index (κ2) is 5.46. The third-order valence-corrected chi connectivity index (χ3v) is 3.72. The van der Waals surface area contributed by atoms with Crippen LogP contribution in [0.4, 0.5) is 5.69 Å². The van der Waals surface area contributed by atoms with E-state index in [1.807, 2.05) is 42.5 Å². The van der Waals surface area contributed by atoms with E-state index >= 15 is 0 Å². The summed E-state index contributed by atoms with van der Waals surface area (Å²) in [5, 5.41) is 11.5. The van der Waals surface area contributed by atoms with Crippen LogP contribution in [0.15, 0.2) is 48.7 Å². The normalized spacial score (nSPS) is 10.7. The average molecular weight is 330 g/mol. The van der Waals surface area contributed by atoms with Crippen LogP contribution in [0.5, 0.6) is 0 Å². The minimum atomic E-state index is -0.117. The van der Waals surface area contributed by atoms with Crippen molar-refractivity contribution in [2.24, 2.45) is 0 Å². The third kappa shape index (κ3) is 2.58. The molecule has 3 rings (SSSR count). The maximum Gasteiger partial charge on any atom is 0.255 e. The van der Waals surface area contributed by atoms with Gasteiger partial charge < -0.3 is 5.32 Å². The van der Waals surface area contributed by atoms with Crippen molar-refractivity contribution in [2.45, 2.75) is 5.33 Å². The number of aromatic nitrogens is 2. The lowest BCUT2D eigenvalue weighted by molar-refractivity contribution is 0.102. The van der Waals surface area contributed by atoms with E-state index in [1.54, 1.807) is 6.20 Å². The van der Waals surface area contributed by atoms with Crippen molar-refractivity contribution in [3.05, 3.63) is 59.8 Å². The highest BCUT2D eigenvalue weighted by molar-refractivity contribution is 9.08. The molecule has 0 aliphatic heterocycles. The number of benzene rings is 2. The molecule has 1 aromatic heterocycles. The fraction of sp³-hybridized carbons (Fsp3) is 0.0667. The number of nitrogens with zero attached hydrogens (tertiary/aromatic N) is 1. The van der Waals surface area contributed by atoms with Gasteiger partial charge in [-0.05, 0) is 35.9 Å². The van der Waals surface area contributed by atoms with Crippen LogP contribution in [0.1, 0.15) is 15.9 Å². The lowest BCUT2D eigenvalue weighted by Crippen LogP contribution is -2.11. The summed E-state index contributed by atoms with van der Waals surface area (Å²) in [6, 6.07) is 13.2. The Morgan fingerprint density at radius 1 is 1.20 bits per heavy atom. The number of fused-ring (bicyclic) bond motifs is 1. The number of carbonyl (C=O) groups excluding carboxylic acids is 1. The minimum absolute atomic E-state index is 0.117. The number of amides is 1. The van der Waals surface area contributed by atoms with Gasteiger partial charge in [0.25, 0.3) is 5.91 Å². The first-order valence-corrected chi connectivity index (χ1v) is 7.28. The average Bonchev–Trinajstić information content (AvgIpc) is 2.95. The molecule has 0 atom stereocenters. The van der Waals surface area contributed by atoms with E-state index in [-0.39, 0.29) is 5.91 Å². The Bertz CT molecular complexity index is 749. The lowest BCUT2D eigenvalue weighted by atomic mass is 10.1. The van der Waals surface area contributed by atoms with Crippen molar-refractivity contribution in [3.8, 4) is 0 Å². The van der Waals surface area contributed by atoms with E-state index in [0.717, 1.165) is 27.5 Å². The monoisotopic (exact) mass is 329 g/mol. The molecule has 0 unspecified atom stereocenters. The summed E-state index contributed by atoms with van der Waals surface area (Å²) >= 11 is 3.38. The fourth-order valence-electron chi connectivity index (χ4n) is 1.97. The Balaban J connectivity index is 1.80. The molecule has 2 aromatic carbocycles. The molecule has 0 fully saturated rings. The summed E-state index contributed by atoms with van der Waals surface area (Å²) in [4.78, 5) is 12.1. The van der Waals surface area contributed by atoms with Crippen LogP contribution in [-0.4, -0.2) is 16.1 Å². The molecule has 0 radical (unpaired) electrons. The van der Waals surface area contributed by atoms with Crippen LogP contribution in [-0.2, 0) is 5.33 Å². The third-order valence-electron chi connectivity index (χ3n) is 3.07. The van der Waals surface area contributed by atoms with E-state index in [4.69, 9.17) is 0 Å². The molecule has 1 heterocycles. The van der Waals surface area contributed by atoms with Gasteiger partial charge in [-0.1, -0.05) is 28.1 Å². The number of aromatic amines is 1. The minimum Gasteiger partial charge on any atom is -0.322 e. The highest BCUT2D eigenvalue weighted by Crippen LogP contribution is 2.17. The number of hydrogen-bond acceptors (Lipinski definition) is 2. The van der Waals surface area contributed by atoms with Gasteiger partial charge in [0.1, 0.15) is 0 Å². The number of rotatable bonds is 3. The summed E-state index contributed by atoms with van der Waals surface area (Å²) < 4.78 is 0. The van der Waals surface area contributed by atoms with Gasteiger partial charge in [-0.3, -0.25) is 9.89 Å². The molecule has 100 valence electrons. The zero-order valence-corrected chi connectivity index (χ0v) is 12.1. The predicted octanol–water partition coefficient (Wildman–Crippen LogP) is 3.71. The van der Waals surface area contributed by atoms with Crippen LogP contribution >= 0.6 is 15.9 Å². The SMILES string of the molecule is O=C(Nc1ccc2[nH]ncc2c1)c1ccc(CBr)cc1. The van der Waals surface area contributed by atoms with E-state index in [0.29, 0.717) is 5.56 Å². The summed E-state index contributed by atoms with van der Waals surface area (Å²) in [5.74, 6) is -0.117.